The molecule has 80 heavy (non-hydrogen) atoms. The van der Waals surface area contributed by atoms with Crippen molar-refractivity contribution < 1.29 is 24.5 Å². The van der Waals surface area contributed by atoms with Gasteiger partial charge in [-0.2, -0.15) is 0 Å². The minimum absolute atomic E-state index is 0.0131. The fourth-order valence-corrected chi connectivity index (χ4v) is 11.9. The van der Waals surface area contributed by atoms with E-state index in [1.54, 1.807) is 0 Å². The molecule has 2 atom stereocenters. The molecule has 3 N–H and O–H groups in total. The zero-order valence-corrected chi connectivity index (χ0v) is 54.6. The van der Waals surface area contributed by atoms with Crippen LogP contribution in [-0.2, 0) is 14.3 Å². The summed E-state index contributed by atoms with van der Waals surface area (Å²) in [5, 5.41) is 23.4. The van der Waals surface area contributed by atoms with E-state index in [4.69, 9.17) is 4.74 Å². The summed E-state index contributed by atoms with van der Waals surface area (Å²) in [5.41, 5.74) is 0. The fourth-order valence-electron chi connectivity index (χ4n) is 11.9. The van der Waals surface area contributed by atoms with E-state index < -0.39 is 12.1 Å². The van der Waals surface area contributed by atoms with Gasteiger partial charge in [0.05, 0.1) is 25.4 Å². The monoisotopic (exact) mass is 1130 g/mol. The number of allylic oxidation sites excluding steroid dienone is 2. The molecule has 6 heteroatoms. The van der Waals surface area contributed by atoms with Gasteiger partial charge in [-0.3, -0.25) is 9.59 Å². The third-order valence-corrected chi connectivity index (χ3v) is 17.6. The van der Waals surface area contributed by atoms with Crippen LogP contribution in [0.15, 0.2) is 12.2 Å². The van der Waals surface area contributed by atoms with E-state index in [1.165, 1.54) is 347 Å². The fraction of sp³-hybridized carbons (Fsp3) is 0.946. The Hall–Kier alpha value is -1.40. The predicted octanol–water partition coefficient (Wildman–Crippen LogP) is 23.9. The van der Waals surface area contributed by atoms with Gasteiger partial charge in [-0.05, 0) is 51.4 Å². The Morgan fingerprint density at radius 3 is 0.887 bits per heavy atom. The van der Waals surface area contributed by atoms with Crippen molar-refractivity contribution in [3.63, 3.8) is 0 Å². The van der Waals surface area contributed by atoms with Gasteiger partial charge in [0.15, 0.2) is 0 Å². The van der Waals surface area contributed by atoms with E-state index in [2.05, 4.69) is 31.3 Å². The minimum Gasteiger partial charge on any atom is -0.466 e. The summed E-state index contributed by atoms with van der Waals surface area (Å²) in [6.45, 7) is 4.99. The van der Waals surface area contributed by atoms with Crippen LogP contribution in [0.4, 0.5) is 0 Å². The summed E-state index contributed by atoms with van der Waals surface area (Å²) in [5.74, 6) is -0.0131. The molecule has 0 heterocycles. The zero-order chi connectivity index (χ0) is 57.8. The van der Waals surface area contributed by atoms with Crippen LogP contribution in [-0.4, -0.2) is 47.4 Å². The number of aliphatic hydroxyl groups is 2. The van der Waals surface area contributed by atoms with E-state index in [1.807, 2.05) is 0 Å². The van der Waals surface area contributed by atoms with Crippen molar-refractivity contribution in [2.75, 3.05) is 13.2 Å². The van der Waals surface area contributed by atoms with Crippen LogP contribution < -0.4 is 5.32 Å². The highest BCUT2D eigenvalue weighted by Gasteiger charge is 2.20. The van der Waals surface area contributed by atoms with Gasteiger partial charge in [0, 0.05) is 12.8 Å². The van der Waals surface area contributed by atoms with Crippen LogP contribution in [0.25, 0.3) is 0 Å². The van der Waals surface area contributed by atoms with E-state index in [0.717, 1.165) is 44.9 Å². The summed E-state index contributed by atoms with van der Waals surface area (Å²) in [6.07, 6.45) is 87.1. The van der Waals surface area contributed by atoms with Gasteiger partial charge in [-0.25, -0.2) is 0 Å². The average molecular weight is 1130 g/mol. The summed E-state index contributed by atoms with van der Waals surface area (Å²) in [4.78, 5) is 24.6. The minimum atomic E-state index is -0.661. The summed E-state index contributed by atoms with van der Waals surface area (Å²) >= 11 is 0. The SMILES string of the molecule is CCCCCCC/C=C\CCCCCCCC(=O)OCCCCCCCCCCCCCCCCCCCCCCCCCCCCCCCCCC(=O)NC(CO)C(O)CCCCCCCCCCCCCCCCCCCC. The molecular formula is C74H145NO5. The van der Waals surface area contributed by atoms with Crippen LogP contribution in [0.3, 0.4) is 0 Å². The van der Waals surface area contributed by atoms with Gasteiger partial charge in [0.1, 0.15) is 0 Å². The van der Waals surface area contributed by atoms with Gasteiger partial charge in [0.2, 0.25) is 5.91 Å². The third-order valence-electron chi connectivity index (χ3n) is 17.6. The first kappa shape index (κ1) is 78.6. The first-order chi connectivity index (χ1) is 39.5. The number of unbranched alkanes of at least 4 members (excludes halogenated alkanes) is 57. The standard InChI is InChI=1S/C74H145NO5/c1-3-5-7-9-11-13-15-17-19-20-36-39-42-46-50-54-58-62-66-72(77)71(70-76)75-73(78)67-63-59-55-51-47-43-40-37-34-32-30-28-26-24-22-21-23-25-27-29-31-33-35-38-41-45-49-53-57-61-65-69-80-74(79)68-64-60-56-52-48-44-18-16-14-12-10-8-6-4-2/h16,18,71-72,76-77H,3-15,17,19-70H2,1-2H3,(H,75,78)/b18-16-. The number of esters is 1. The lowest BCUT2D eigenvalue weighted by Gasteiger charge is -2.22. The molecule has 476 valence electrons. The molecule has 0 bridgehead atoms. The highest BCUT2D eigenvalue weighted by Crippen LogP contribution is 2.20. The molecule has 0 aromatic carbocycles. The van der Waals surface area contributed by atoms with Crippen molar-refractivity contribution >= 4 is 11.9 Å². The number of hydrogen-bond acceptors (Lipinski definition) is 5. The Kier molecular flexibility index (Phi) is 68.9. The van der Waals surface area contributed by atoms with Crippen molar-refractivity contribution in [3.05, 3.63) is 12.2 Å². The smallest absolute Gasteiger partial charge is 0.305 e. The summed E-state index contributed by atoms with van der Waals surface area (Å²) in [7, 11) is 0. The van der Waals surface area contributed by atoms with E-state index >= 15 is 0 Å². The molecular weight excluding hydrogens is 983 g/mol. The van der Waals surface area contributed by atoms with Crippen LogP contribution in [0, 0.1) is 0 Å². The molecule has 0 spiro atoms. The van der Waals surface area contributed by atoms with Crippen LogP contribution >= 0.6 is 0 Å². The van der Waals surface area contributed by atoms with Gasteiger partial charge in [0.25, 0.3) is 0 Å². The maximum Gasteiger partial charge on any atom is 0.305 e. The number of nitrogens with one attached hydrogen (secondary N) is 1. The third kappa shape index (κ3) is 65.7. The van der Waals surface area contributed by atoms with Crippen LogP contribution in [0.2, 0.25) is 0 Å². The highest BCUT2D eigenvalue weighted by atomic mass is 16.5. The average Bonchev–Trinajstić information content (AvgIpc) is 3.46. The summed E-state index contributed by atoms with van der Waals surface area (Å²) in [6, 6.07) is -0.538. The topological polar surface area (TPSA) is 95.9 Å². The molecule has 2 unspecified atom stereocenters. The lowest BCUT2D eigenvalue weighted by Crippen LogP contribution is -2.45. The van der Waals surface area contributed by atoms with Crippen LogP contribution in [0.5, 0.6) is 0 Å². The molecule has 0 radical (unpaired) electrons. The van der Waals surface area contributed by atoms with Crippen molar-refractivity contribution in [1.29, 1.82) is 0 Å². The number of ether oxygens (including phenoxy) is 1. The molecule has 0 saturated heterocycles. The molecule has 0 fully saturated rings. The second-order valence-corrected chi connectivity index (χ2v) is 25.6. The Balaban J connectivity index is 3.32. The molecule has 6 nitrogen and oxygen atoms in total. The van der Waals surface area contributed by atoms with Crippen molar-refractivity contribution in [1.82, 2.24) is 5.32 Å². The molecule has 0 rings (SSSR count). The van der Waals surface area contributed by atoms with E-state index in [-0.39, 0.29) is 18.5 Å². The lowest BCUT2D eigenvalue weighted by atomic mass is 10.0. The predicted molar refractivity (Wildman–Crippen MR) is 352 cm³/mol. The van der Waals surface area contributed by atoms with E-state index in [9.17, 15) is 19.8 Å². The molecule has 0 aromatic heterocycles. The highest BCUT2D eigenvalue weighted by molar-refractivity contribution is 5.76. The van der Waals surface area contributed by atoms with Gasteiger partial charge >= 0.3 is 5.97 Å². The first-order valence-electron chi connectivity index (χ1n) is 36.9. The number of aliphatic hydroxyl groups excluding tert-OH is 2. The number of carbonyl (C=O) groups is 2. The molecule has 0 aliphatic carbocycles. The van der Waals surface area contributed by atoms with Crippen molar-refractivity contribution in [2.24, 2.45) is 0 Å². The molecule has 0 aliphatic rings. The lowest BCUT2D eigenvalue weighted by molar-refractivity contribution is -0.143. The second kappa shape index (κ2) is 70.1. The van der Waals surface area contributed by atoms with Gasteiger partial charge in [-0.15, -0.1) is 0 Å². The largest absolute Gasteiger partial charge is 0.466 e. The molecule has 0 aliphatic heterocycles. The normalized spacial score (nSPS) is 12.5. The molecule has 0 saturated carbocycles. The number of carbonyl (C=O) groups excluding carboxylic acids is 2. The number of rotatable bonds is 70. The number of amides is 1. The van der Waals surface area contributed by atoms with Gasteiger partial charge in [-0.1, -0.05) is 373 Å². The number of hydrogen-bond donors (Lipinski definition) is 3. The van der Waals surface area contributed by atoms with Crippen molar-refractivity contribution in [3.8, 4) is 0 Å². The maximum absolute atomic E-state index is 12.5. The second-order valence-electron chi connectivity index (χ2n) is 25.6. The zero-order valence-electron chi connectivity index (χ0n) is 54.6. The Bertz CT molecular complexity index is 1210. The van der Waals surface area contributed by atoms with Crippen LogP contribution in [0.1, 0.15) is 425 Å². The quantitative estimate of drug-likeness (QED) is 0.0320. The summed E-state index contributed by atoms with van der Waals surface area (Å²) < 4.78 is 5.49. The Morgan fingerprint density at radius 2 is 0.588 bits per heavy atom. The molecule has 0 aromatic rings. The van der Waals surface area contributed by atoms with Crippen molar-refractivity contribution in [2.45, 2.75) is 437 Å². The van der Waals surface area contributed by atoms with Gasteiger partial charge < -0.3 is 20.3 Å². The first-order valence-corrected chi connectivity index (χ1v) is 36.9. The Labute approximate surface area is 501 Å². The maximum atomic E-state index is 12.5. The molecule has 1 amide bonds. The van der Waals surface area contributed by atoms with E-state index in [0.29, 0.717) is 25.9 Å². The Morgan fingerprint density at radius 1 is 0.338 bits per heavy atom.